The molecular weight excluding hydrogens is 277 g/mol. The minimum Gasteiger partial charge on any atom is -0.870 e. The molecule has 6 N–H and O–H groups in total. The van der Waals surface area contributed by atoms with Crippen LogP contribution in [0.5, 0.6) is 0 Å². The van der Waals surface area contributed by atoms with Crippen LogP contribution in [0.15, 0.2) is 0 Å². The molecule has 2 radical (unpaired) electrons. The second-order valence-corrected chi connectivity index (χ2v) is 0. The molecule has 0 aromatic heterocycles. The van der Waals surface area contributed by atoms with Crippen LogP contribution in [0.4, 0.5) is 0 Å². The monoisotopic (exact) mass is 282 g/mol. The maximum atomic E-state index is 0. The zero-order valence-corrected chi connectivity index (χ0v) is 6.60. The van der Waals surface area contributed by atoms with Crippen molar-refractivity contribution in [3.05, 3.63) is 0 Å². The summed E-state index contributed by atoms with van der Waals surface area (Å²) in [6.45, 7) is 0. The van der Waals surface area contributed by atoms with E-state index >= 15 is 0 Å². The fourth-order valence-corrected chi connectivity index (χ4v) is 0. The summed E-state index contributed by atoms with van der Waals surface area (Å²) in [6, 6.07) is 0. The van der Waals surface area contributed by atoms with Crippen molar-refractivity contribution >= 4 is 0 Å². The van der Waals surface area contributed by atoms with Crippen molar-refractivity contribution < 1.29 is 83.2 Å². The number of hydrogen-bond acceptors (Lipinski definition) is 6. The average Bonchev–Trinajstić information content (AvgIpc) is 0. The summed E-state index contributed by atoms with van der Waals surface area (Å²) in [4.78, 5) is 0. The third-order valence-corrected chi connectivity index (χ3v) is 0. The normalized spacial score (nSPS) is 0. The van der Waals surface area contributed by atoms with Gasteiger partial charge in [-0.25, -0.2) is 0 Å². The molecule has 0 aliphatic carbocycles. The molecule has 72 valence electrons. The molecule has 0 aliphatic rings. The zero-order chi connectivity index (χ0) is 0. The standard InChI is InChI=1S/Co.Cu.Ni.6H2O/h;;;6*1H2/q3*+2;;;;;;/p-6. The molecule has 0 saturated heterocycles. The van der Waals surface area contributed by atoms with Crippen molar-refractivity contribution in [2.75, 3.05) is 0 Å². The average molecular weight is 283 g/mol. The van der Waals surface area contributed by atoms with E-state index in [2.05, 4.69) is 0 Å². The molecule has 0 fully saturated rings. The van der Waals surface area contributed by atoms with Gasteiger partial charge in [0.25, 0.3) is 0 Å². The third-order valence-electron chi connectivity index (χ3n) is 0. The molecular formula is H6CoCuNiO6. The molecule has 0 unspecified atom stereocenters. The van der Waals surface area contributed by atoms with Crippen molar-refractivity contribution in [1.82, 2.24) is 0 Å². The number of hydrogen-bond donors (Lipinski definition) is 0. The van der Waals surface area contributed by atoms with Crippen LogP contribution in [0.1, 0.15) is 0 Å². The second kappa shape index (κ2) is 389. The van der Waals surface area contributed by atoms with Crippen LogP contribution in [0.3, 0.4) is 0 Å². The van der Waals surface area contributed by atoms with Crippen LogP contribution in [0.25, 0.3) is 0 Å². The van der Waals surface area contributed by atoms with Gasteiger partial charge < -0.3 is 32.9 Å². The minimum atomic E-state index is 0. The van der Waals surface area contributed by atoms with E-state index in [1.165, 1.54) is 0 Å². The molecule has 0 aromatic rings. The van der Waals surface area contributed by atoms with Gasteiger partial charge in [0.1, 0.15) is 0 Å². The van der Waals surface area contributed by atoms with E-state index in [9.17, 15) is 0 Å². The molecule has 9 heavy (non-hydrogen) atoms. The third kappa shape index (κ3) is 300. The summed E-state index contributed by atoms with van der Waals surface area (Å²) in [6.07, 6.45) is 0. The SMILES string of the molecule is [Co+2].[Cu+2].[Ni+2].[OH-].[OH-].[OH-].[OH-].[OH-].[OH-]. The quantitative estimate of drug-likeness (QED) is 0.510. The van der Waals surface area contributed by atoms with Crippen LogP contribution in [-0.2, 0) is 50.3 Å². The molecule has 0 atom stereocenters. The Labute approximate surface area is 83.2 Å². The van der Waals surface area contributed by atoms with E-state index < -0.39 is 0 Å². The summed E-state index contributed by atoms with van der Waals surface area (Å²) in [5.41, 5.74) is 0. The van der Waals surface area contributed by atoms with Gasteiger partial charge in [0.2, 0.25) is 0 Å². The van der Waals surface area contributed by atoms with Crippen molar-refractivity contribution in [1.29, 1.82) is 0 Å². The summed E-state index contributed by atoms with van der Waals surface area (Å²) in [5, 5.41) is 0. The van der Waals surface area contributed by atoms with Gasteiger partial charge in [-0.3, -0.25) is 0 Å². The molecule has 0 rings (SSSR count). The van der Waals surface area contributed by atoms with Gasteiger partial charge in [-0.15, -0.1) is 0 Å². The predicted octanol–water partition coefficient (Wildman–Crippen LogP) is -1.07. The molecule has 9 heteroatoms. The van der Waals surface area contributed by atoms with Gasteiger partial charge in [-0.2, -0.15) is 0 Å². The fourth-order valence-electron chi connectivity index (χ4n) is 0. The Bertz CT molecular complexity index is 13.0. The van der Waals surface area contributed by atoms with Gasteiger partial charge in [-0.05, 0) is 0 Å². The second-order valence-electron chi connectivity index (χ2n) is 0. The summed E-state index contributed by atoms with van der Waals surface area (Å²) in [5.74, 6) is 0. The molecule has 0 amide bonds. The van der Waals surface area contributed by atoms with Gasteiger partial charge in [0.05, 0.1) is 0 Å². The Hall–Kier alpha value is 1.28. The van der Waals surface area contributed by atoms with Crippen LogP contribution in [0.2, 0.25) is 0 Å². The van der Waals surface area contributed by atoms with E-state index in [0.717, 1.165) is 0 Å². The summed E-state index contributed by atoms with van der Waals surface area (Å²) in [7, 11) is 0. The van der Waals surface area contributed by atoms with Crippen molar-refractivity contribution in [3.63, 3.8) is 0 Å². The van der Waals surface area contributed by atoms with Crippen molar-refractivity contribution in [3.8, 4) is 0 Å². The summed E-state index contributed by atoms with van der Waals surface area (Å²) < 4.78 is 0. The molecule has 0 aliphatic heterocycles. The Morgan fingerprint density at radius 1 is 0.444 bits per heavy atom. The van der Waals surface area contributed by atoms with Crippen molar-refractivity contribution in [2.24, 2.45) is 0 Å². The van der Waals surface area contributed by atoms with E-state index in [0.29, 0.717) is 0 Å². The maximum absolute atomic E-state index is 0. The minimum absolute atomic E-state index is 0. The first-order valence-electron chi connectivity index (χ1n) is 0. The predicted molar refractivity (Wildman–Crippen MR) is 11.6 cm³/mol. The van der Waals surface area contributed by atoms with E-state index in [1.54, 1.807) is 0 Å². The largest absolute Gasteiger partial charge is 2.00 e. The maximum Gasteiger partial charge on any atom is 2.00 e. The molecule has 6 nitrogen and oxygen atoms in total. The Morgan fingerprint density at radius 3 is 0.444 bits per heavy atom. The van der Waals surface area contributed by atoms with Gasteiger partial charge >= 0.3 is 50.3 Å². The first kappa shape index (κ1) is 541. The van der Waals surface area contributed by atoms with E-state index in [1.807, 2.05) is 0 Å². The van der Waals surface area contributed by atoms with Crippen LogP contribution >= 0.6 is 0 Å². The molecule has 0 bridgehead atoms. The smallest absolute Gasteiger partial charge is 0.870 e. The Morgan fingerprint density at radius 2 is 0.444 bits per heavy atom. The van der Waals surface area contributed by atoms with Gasteiger partial charge in [0.15, 0.2) is 0 Å². The van der Waals surface area contributed by atoms with Crippen LogP contribution < -0.4 is 0 Å². The van der Waals surface area contributed by atoms with Gasteiger partial charge in [-0.1, -0.05) is 0 Å². The molecule has 0 spiro atoms. The van der Waals surface area contributed by atoms with E-state index in [4.69, 9.17) is 0 Å². The van der Waals surface area contributed by atoms with E-state index in [-0.39, 0.29) is 83.2 Å². The Kier molecular flexibility index (Phi) is 23300. The molecule has 0 heterocycles. The first-order valence-corrected chi connectivity index (χ1v) is 0. The zero-order valence-electron chi connectivity index (χ0n) is 3.63. The summed E-state index contributed by atoms with van der Waals surface area (Å²) >= 11 is 0. The molecule has 0 aromatic carbocycles. The fraction of sp³-hybridized carbons (Fsp3) is 0. The topological polar surface area (TPSA) is 180 Å². The van der Waals surface area contributed by atoms with Crippen molar-refractivity contribution in [2.45, 2.75) is 0 Å². The molecule has 0 saturated carbocycles. The Balaban J connectivity index is 0. The van der Waals surface area contributed by atoms with Gasteiger partial charge in [0, 0.05) is 0 Å². The van der Waals surface area contributed by atoms with Crippen LogP contribution in [-0.4, -0.2) is 32.9 Å². The van der Waals surface area contributed by atoms with Crippen LogP contribution in [0, 0.1) is 0 Å². The number of rotatable bonds is 0. The first-order chi connectivity index (χ1) is 0.